The Kier molecular flexibility index (Phi) is 4.79. The molecule has 0 fully saturated rings. The monoisotopic (exact) mass is 241 g/mol. The predicted molar refractivity (Wildman–Crippen MR) is 61.7 cm³/mol. The van der Waals surface area contributed by atoms with E-state index in [0.717, 1.165) is 0 Å². The van der Waals surface area contributed by atoms with Crippen molar-refractivity contribution in [3.8, 4) is 0 Å². The summed E-state index contributed by atoms with van der Waals surface area (Å²) in [6, 6.07) is 6.53. The van der Waals surface area contributed by atoms with E-state index in [1.54, 1.807) is 24.3 Å². The Morgan fingerprint density at radius 2 is 2.19 bits per heavy atom. The highest BCUT2D eigenvalue weighted by molar-refractivity contribution is 6.19. The second kappa shape index (κ2) is 6.12. The van der Waals surface area contributed by atoms with Gasteiger partial charge < -0.3 is 10.1 Å². The molecule has 0 atom stereocenters. The molecule has 5 heteroatoms. The first-order valence-corrected chi connectivity index (χ1v) is 5.25. The lowest BCUT2D eigenvalue weighted by Crippen LogP contribution is -2.12. The molecular formula is C11H12ClNO3. The van der Waals surface area contributed by atoms with Crippen molar-refractivity contribution >= 4 is 29.2 Å². The van der Waals surface area contributed by atoms with Crippen LogP contribution in [-0.2, 0) is 9.53 Å². The Balaban J connectivity index is 2.74. The second-order valence-corrected chi connectivity index (χ2v) is 3.44. The molecule has 1 aromatic rings. The molecule has 0 aliphatic carbocycles. The molecular weight excluding hydrogens is 230 g/mol. The first-order valence-electron chi connectivity index (χ1n) is 4.71. The maximum Gasteiger partial charge on any atom is 0.337 e. The lowest BCUT2D eigenvalue weighted by atomic mass is 10.2. The van der Waals surface area contributed by atoms with Gasteiger partial charge in [0.1, 0.15) is 0 Å². The molecule has 86 valence electrons. The van der Waals surface area contributed by atoms with Crippen molar-refractivity contribution in [1.82, 2.24) is 0 Å². The molecule has 0 aliphatic heterocycles. The Morgan fingerprint density at radius 1 is 1.44 bits per heavy atom. The molecule has 0 saturated heterocycles. The molecule has 1 N–H and O–H groups in total. The summed E-state index contributed by atoms with van der Waals surface area (Å²) in [6.07, 6.45) is 0.240. The van der Waals surface area contributed by atoms with Crippen LogP contribution in [-0.4, -0.2) is 24.9 Å². The zero-order valence-corrected chi connectivity index (χ0v) is 9.58. The summed E-state index contributed by atoms with van der Waals surface area (Å²) >= 11 is 5.43. The van der Waals surface area contributed by atoms with Crippen molar-refractivity contribution in [2.75, 3.05) is 18.3 Å². The van der Waals surface area contributed by atoms with Crippen molar-refractivity contribution in [1.29, 1.82) is 0 Å². The number of rotatable bonds is 4. The van der Waals surface area contributed by atoms with E-state index < -0.39 is 5.97 Å². The maximum atomic E-state index is 11.3. The largest absolute Gasteiger partial charge is 0.465 e. The number of carbonyl (C=O) groups is 2. The van der Waals surface area contributed by atoms with Gasteiger partial charge >= 0.3 is 5.97 Å². The van der Waals surface area contributed by atoms with Crippen LogP contribution in [0.2, 0.25) is 0 Å². The molecule has 0 saturated carbocycles. The van der Waals surface area contributed by atoms with Gasteiger partial charge in [-0.1, -0.05) is 6.07 Å². The van der Waals surface area contributed by atoms with Gasteiger partial charge in [-0.05, 0) is 18.2 Å². The minimum Gasteiger partial charge on any atom is -0.465 e. The van der Waals surface area contributed by atoms with Gasteiger partial charge in [-0.3, -0.25) is 4.79 Å². The fourth-order valence-electron chi connectivity index (χ4n) is 1.15. The second-order valence-electron chi connectivity index (χ2n) is 3.06. The van der Waals surface area contributed by atoms with E-state index in [9.17, 15) is 9.59 Å². The molecule has 0 unspecified atom stereocenters. The highest BCUT2D eigenvalue weighted by Crippen LogP contribution is 2.11. The normalized spacial score (nSPS) is 9.62. The predicted octanol–water partition coefficient (Wildman–Crippen LogP) is 2.04. The van der Waals surface area contributed by atoms with Crippen molar-refractivity contribution in [2.24, 2.45) is 0 Å². The fraction of sp³-hybridized carbons (Fsp3) is 0.273. The smallest absolute Gasteiger partial charge is 0.337 e. The lowest BCUT2D eigenvalue weighted by molar-refractivity contribution is -0.115. The van der Waals surface area contributed by atoms with Crippen LogP contribution >= 0.6 is 11.6 Å². The number of carbonyl (C=O) groups excluding carboxylic acids is 2. The third-order valence-corrected chi connectivity index (χ3v) is 2.08. The van der Waals surface area contributed by atoms with Gasteiger partial charge in [0.05, 0.1) is 12.7 Å². The third kappa shape index (κ3) is 3.55. The number of esters is 1. The maximum absolute atomic E-state index is 11.3. The molecule has 0 bridgehead atoms. The Bertz CT molecular complexity index is 393. The fourth-order valence-corrected chi connectivity index (χ4v) is 1.32. The van der Waals surface area contributed by atoms with Crippen molar-refractivity contribution in [3.63, 3.8) is 0 Å². The zero-order valence-electron chi connectivity index (χ0n) is 8.83. The van der Waals surface area contributed by atoms with Crippen LogP contribution in [0.3, 0.4) is 0 Å². The standard InChI is InChI=1S/C11H12ClNO3/c1-16-11(15)8-3-2-4-9(7-8)13-10(14)5-6-12/h2-4,7H,5-6H2,1H3,(H,13,14). The highest BCUT2D eigenvalue weighted by atomic mass is 35.5. The minimum atomic E-state index is -0.437. The first-order chi connectivity index (χ1) is 7.67. The molecule has 4 nitrogen and oxygen atoms in total. The van der Waals surface area contributed by atoms with Gasteiger partial charge in [0.2, 0.25) is 5.91 Å². The number of hydrogen-bond acceptors (Lipinski definition) is 3. The van der Waals surface area contributed by atoms with Crippen LogP contribution in [0.4, 0.5) is 5.69 Å². The lowest BCUT2D eigenvalue weighted by Gasteiger charge is -2.05. The number of amides is 1. The van der Waals surface area contributed by atoms with E-state index in [0.29, 0.717) is 11.3 Å². The number of benzene rings is 1. The van der Waals surface area contributed by atoms with Crippen LogP contribution in [0.25, 0.3) is 0 Å². The number of ether oxygens (including phenoxy) is 1. The molecule has 1 rings (SSSR count). The topological polar surface area (TPSA) is 55.4 Å². The summed E-state index contributed by atoms with van der Waals surface area (Å²) in [5, 5.41) is 2.63. The average molecular weight is 242 g/mol. The van der Waals surface area contributed by atoms with E-state index in [4.69, 9.17) is 11.6 Å². The van der Waals surface area contributed by atoms with E-state index in [2.05, 4.69) is 10.1 Å². The number of nitrogens with one attached hydrogen (secondary N) is 1. The zero-order chi connectivity index (χ0) is 12.0. The van der Waals surface area contributed by atoms with Gasteiger partial charge in [0.25, 0.3) is 0 Å². The number of anilines is 1. The van der Waals surface area contributed by atoms with E-state index in [1.807, 2.05) is 0 Å². The first kappa shape index (κ1) is 12.5. The molecule has 0 spiro atoms. The minimum absolute atomic E-state index is 0.183. The molecule has 1 aromatic carbocycles. The molecule has 1 amide bonds. The number of hydrogen-bond donors (Lipinski definition) is 1. The highest BCUT2D eigenvalue weighted by Gasteiger charge is 2.07. The van der Waals surface area contributed by atoms with E-state index in [1.165, 1.54) is 7.11 Å². The van der Waals surface area contributed by atoms with Crippen LogP contribution in [0, 0.1) is 0 Å². The number of halogens is 1. The van der Waals surface area contributed by atoms with Gasteiger partial charge in [-0.25, -0.2) is 4.79 Å². The number of alkyl halides is 1. The SMILES string of the molecule is COC(=O)c1cccc(NC(=O)CCCl)c1. The van der Waals surface area contributed by atoms with Gasteiger partial charge in [0.15, 0.2) is 0 Å². The molecule has 0 heterocycles. The van der Waals surface area contributed by atoms with Crippen LogP contribution < -0.4 is 5.32 Å². The third-order valence-electron chi connectivity index (χ3n) is 1.89. The quantitative estimate of drug-likeness (QED) is 0.648. The van der Waals surface area contributed by atoms with Crippen molar-refractivity contribution in [2.45, 2.75) is 6.42 Å². The van der Waals surface area contributed by atoms with Crippen LogP contribution in [0.15, 0.2) is 24.3 Å². The van der Waals surface area contributed by atoms with Crippen LogP contribution in [0.5, 0.6) is 0 Å². The van der Waals surface area contributed by atoms with Gasteiger partial charge in [-0.2, -0.15) is 0 Å². The summed E-state index contributed by atoms with van der Waals surface area (Å²) in [7, 11) is 1.31. The average Bonchev–Trinajstić information content (AvgIpc) is 2.28. The number of methoxy groups -OCH3 is 1. The summed E-state index contributed by atoms with van der Waals surface area (Å²) in [5.74, 6) is -0.354. The van der Waals surface area contributed by atoms with Crippen molar-refractivity contribution in [3.05, 3.63) is 29.8 Å². The van der Waals surface area contributed by atoms with Gasteiger partial charge in [0, 0.05) is 18.0 Å². The molecule has 16 heavy (non-hydrogen) atoms. The van der Waals surface area contributed by atoms with Crippen LogP contribution in [0.1, 0.15) is 16.8 Å². The summed E-state index contributed by atoms with van der Waals surface area (Å²) in [4.78, 5) is 22.5. The molecule has 0 radical (unpaired) electrons. The van der Waals surface area contributed by atoms with E-state index >= 15 is 0 Å². The van der Waals surface area contributed by atoms with E-state index in [-0.39, 0.29) is 18.2 Å². The summed E-state index contributed by atoms with van der Waals surface area (Å²) in [6.45, 7) is 0. The van der Waals surface area contributed by atoms with Crippen molar-refractivity contribution < 1.29 is 14.3 Å². The summed E-state index contributed by atoms with van der Waals surface area (Å²) < 4.78 is 4.57. The Hall–Kier alpha value is -1.55. The Labute approximate surface area is 98.5 Å². The Morgan fingerprint density at radius 3 is 2.81 bits per heavy atom. The molecule has 0 aliphatic rings. The van der Waals surface area contributed by atoms with Gasteiger partial charge in [-0.15, -0.1) is 11.6 Å². The molecule has 0 aromatic heterocycles. The summed E-state index contributed by atoms with van der Waals surface area (Å²) in [5.41, 5.74) is 0.948.